The van der Waals surface area contributed by atoms with Crippen molar-refractivity contribution in [2.24, 2.45) is 5.73 Å². The van der Waals surface area contributed by atoms with Crippen LogP contribution in [0.1, 0.15) is 6.42 Å². The van der Waals surface area contributed by atoms with Crippen molar-refractivity contribution < 1.29 is 50.5 Å². The van der Waals surface area contributed by atoms with Gasteiger partial charge < -0.3 is 15.9 Å². The van der Waals surface area contributed by atoms with E-state index in [0.717, 1.165) is 12.2 Å². The second-order valence-electron chi connectivity index (χ2n) is 3.80. The van der Waals surface area contributed by atoms with Crippen LogP contribution in [0.4, 0.5) is 0 Å². The zero-order valence-corrected chi connectivity index (χ0v) is 15.6. The van der Waals surface area contributed by atoms with Gasteiger partial charge in [0.15, 0.2) is 0 Å². The van der Waals surface area contributed by atoms with Gasteiger partial charge in [0.05, 0.1) is 17.6 Å². The van der Waals surface area contributed by atoms with Crippen molar-refractivity contribution in [2.75, 3.05) is 5.75 Å². The summed E-state index contributed by atoms with van der Waals surface area (Å²) in [5, 5.41) is 16.5. The van der Waals surface area contributed by atoms with E-state index >= 15 is 0 Å². The van der Waals surface area contributed by atoms with E-state index in [4.69, 9.17) is 19.3 Å². The van der Waals surface area contributed by atoms with Gasteiger partial charge in [0.2, 0.25) is 5.91 Å². The Morgan fingerprint density at radius 1 is 0.964 bits per heavy atom. The number of hydrogen-bond donors (Lipinski definition) is 5. The zero-order chi connectivity index (χ0) is 22.8. The fourth-order valence-corrected chi connectivity index (χ4v) is 0.705. The number of carbonyl (C=O) groups is 3. The Morgan fingerprint density at radius 2 is 1.29 bits per heavy atom. The second kappa shape index (κ2) is 19.9. The Labute approximate surface area is 184 Å². The second-order valence-corrected chi connectivity index (χ2v) is 6.67. The first-order valence-electron chi connectivity index (χ1n) is 6.14. The van der Waals surface area contributed by atoms with Crippen molar-refractivity contribution in [3.05, 3.63) is 49.4 Å². The van der Waals surface area contributed by atoms with Crippen LogP contribution in [0.5, 0.6) is 0 Å². The Balaban J connectivity index is -0.0000000849. The molecule has 0 aliphatic rings. The van der Waals surface area contributed by atoms with Gasteiger partial charge in [-0.3, -0.25) is 18.7 Å². The van der Waals surface area contributed by atoms with Crippen molar-refractivity contribution in [1.82, 2.24) is 0 Å². The van der Waals surface area contributed by atoms with Crippen LogP contribution in [-0.2, 0) is 34.6 Å². The van der Waals surface area contributed by atoms with E-state index in [9.17, 15) is 31.2 Å². The molecule has 6 N–H and O–H groups in total. The molecule has 0 aromatic rings. The van der Waals surface area contributed by atoms with Crippen LogP contribution in [0.25, 0.3) is 0 Å². The SMILES string of the molecule is C=C(CC(=O)O)C(=O)O.C=CC(N)=O.C=CCS(=O)(=O)O.C=CS(=O)(=O)O.[NaH]. The number of carboxylic acids is 2. The predicted octanol–water partition coefficient (Wildman–Crippen LogP) is -0.811. The maximum atomic E-state index is 9.87. The molecule has 0 rings (SSSR count). The first-order chi connectivity index (χ1) is 11.9. The number of carbonyl (C=O) groups excluding carboxylic acids is 1. The summed E-state index contributed by atoms with van der Waals surface area (Å²) in [6, 6.07) is 0. The summed E-state index contributed by atoms with van der Waals surface area (Å²) >= 11 is 0. The third-order valence-corrected chi connectivity index (χ3v) is 2.49. The summed E-state index contributed by atoms with van der Waals surface area (Å²) in [5.74, 6) is -3.29. The Hall–Kier alpha value is -1.81. The molecule has 0 bridgehead atoms. The maximum absolute atomic E-state index is 9.87. The quantitative estimate of drug-likeness (QED) is 0.138. The summed E-state index contributed by atoms with van der Waals surface area (Å²) < 4.78 is 53.9. The average molecular weight is 455 g/mol. The van der Waals surface area contributed by atoms with Crippen LogP contribution in [0, 0.1) is 0 Å². The first kappa shape index (κ1) is 37.0. The third kappa shape index (κ3) is 56.4. The average Bonchev–Trinajstić information content (AvgIpc) is 2.46. The van der Waals surface area contributed by atoms with Gasteiger partial charge in [-0.1, -0.05) is 25.8 Å². The molecule has 12 nitrogen and oxygen atoms in total. The summed E-state index contributed by atoms with van der Waals surface area (Å²) in [4.78, 5) is 29.1. The fourth-order valence-electron chi connectivity index (χ4n) is 0.407. The van der Waals surface area contributed by atoms with Gasteiger partial charge in [0.1, 0.15) is 0 Å². The third-order valence-electron chi connectivity index (χ3n) is 1.41. The molecular weight excluding hydrogens is 433 g/mol. The molecule has 0 aliphatic carbocycles. The van der Waals surface area contributed by atoms with Crippen LogP contribution in [-0.4, -0.2) is 89.3 Å². The molecular formula is C13H22NNaO11S2. The number of aliphatic carboxylic acids is 2. The van der Waals surface area contributed by atoms with Crippen molar-refractivity contribution in [2.45, 2.75) is 6.42 Å². The van der Waals surface area contributed by atoms with Crippen LogP contribution in [0.15, 0.2) is 49.4 Å². The monoisotopic (exact) mass is 455 g/mol. The minimum absolute atomic E-state index is 0. The molecule has 0 atom stereocenters. The molecule has 0 saturated carbocycles. The Morgan fingerprint density at radius 3 is 1.32 bits per heavy atom. The van der Waals surface area contributed by atoms with E-state index in [1.807, 2.05) is 0 Å². The molecule has 15 heteroatoms. The number of rotatable bonds is 7. The van der Waals surface area contributed by atoms with Crippen molar-refractivity contribution in [1.29, 1.82) is 0 Å². The van der Waals surface area contributed by atoms with Crippen LogP contribution in [0.2, 0.25) is 0 Å². The number of primary amides is 1. The van der Waals surface area contributed by atoms with Gasteiger partial charge in [-0.05, 0) is 6.08 Å². The fraction of sp³-hybridized carbons (Fsp3) is 0.154. The molecule has 0 unspecified atom stereocenters. The van der Waals surface area contributed by atoms with E-state index in [1.165, 1.54) is 0 Å². The molecule has 0 fully saturated rings. The summed E-state index contributed by atoms with van der Waals surface area (Å²) in [6.45, 7) is 12.0. The van der Waals surface area contributed by atoms with E-state index in [1.54, 1.807) is 0 Å². The van der Waals surface area contributed by atoms with E-state index < -0.39 is 44.5 Å². The topological polar surface area (TPSA) is 226 Å². The molecule has 0 spiro atoms. The van der Waals surface area contributed by atoms with Crippen LogP contribution < -0.4 is 5.73 Å². The predicted molar refractivity (Wildman–Crippen MR) is 104 cm³/mol. The first-order valence-corrected chi connectivity index (χ1v) is 9.25. The normalized spacial score (nSPS) is 8.93. The van der Waals surface area contributed by atoms with E-state index in [2.05, 4.69) is 32.0 Å². The van der Waals surface area contributed by atoms with Crippen molar-refractivity contribution in [3.63, 3.8) is 0 Å². The minimum atomic E-state index is -3.90. The summed E-state index contributed by atoms with van der Waals surface area (Å²) in [5.41, 5.74) is 4.23. The standard InChI is InChI=1S/C5H6O4.C3H5NO.C3H6O3S.C2H4O3S.Na.H/c1-3(5(8)9)2-4(6)7;1-2-3(4)5;1-2-3-7(4,5)6;1-2-6(3,4)5;;/h1-2H2,(H,6,7)(H,8,9);2H,1H2,(H2,4,5);2H,1,3H2,(H,4,5,6);2H,1H2,(H,3,4,5);;. The van der Waals surface area contributed by atoms with Gasteiger partial charge in [-0.2, -0.15) is 16.8 Å². The number of hydrogen-bond acceptors (Lipinski definition) is 7. The van der Waals surface area contributed by atoms with E-state index in [-0.39, 0.29) is 40.9 Å². The van der Waals surface area contributed by atoms with Crippen LogP contribution in [0.3, 0.4) is 0 Å². The van der Waals surface area contributed by atoms with E-state index in [0.29, 0.717) is 5.41 Å². The molecule has 28 heavy (non-hydrogen) atoms. The van der Waals surface area contributed by atoms with Gasteiger partial charge in [0.25, 0.3) is 20.2 Å². The molecule has 0 aliphatic heterocycles. The molecule has 158 valence electrons. The van der Waals surface area contributed by atoms with Crippen LogP contribution >= 0.6 is 0 Å². The van der Waals surface area contributed by atoms with Gasteiger partial charge >= 0.3 is 41.5 Å². The number of nitrogens with two attached hydrogens (primary N) is 1. The van der Waals surface area contributed by atoms with Gasteiger partial charge in [-0.15, -0.1) is 6.58 Å². The zero-order valence-electron chi connectivity index (χ0n) is 14.0. The summed E-state index contributed by atoms with van der Waals surface area (Å²) in [6.07, 6.45) is 1.67. The molecule has 0 aromatic heterocycles. The Kier molecular flexibility index (Phi) is 26.4. The molecule has 0 heterocycles. The number of amides is 1. The van der Waals surface area contributed by atoms with Gasteiger partial charge in [0, 0.05) is 5.57 Å². The van der Waals surface area contributed by atoms with Crippen molar-refractivity contribution in [3.8, 4) is 0 Å². The molecule has 0 saturated heterocycles. The van der Waals surface area contributed by atoms with Crippen molar-refractivity contribution >= 4 is 67.6 Å². The summed E-state index contributed by atoms with van der Waals surface area (Å²) in [7, 11) is -7.69. The Bertz CT molecular complexity index is 744. The molecule has 1 amide bonds. The molecule has 0 aromatic carbocycles. The number of carboxylic acid groups (broad SMARTS) is 2. The van der Waals surface area contributed by atoms with Gasteiger partial charge in [-0.25, -0.2) is 4.79 Å². The molecule has 0 radical (unpaired) electrons.